The normalized spacial score (nSPS) is 17.7. The maximum absolute atomic E-state index is 5.67. The van der Waals surface area contributed by atoms with Crippen molar-refractivity contribution < 1.29 is 4.74 Å². The summed E-state index contributed by atoms with van der Waals surface area (Å²) in [5.74, 6) is 1.18. The Morgan fingerprint density at radius 1 is 1.33 bits per heavy atom. The summed E-state index contributed by atoms with van der Waals surface area (Å²) in [7, 11) is 0. The molecule has 0 saturated carbocycles. The smallest absolute Gasteiger partial charge is 0.223 e. The second-order valence-corrected chi connectivity index (χ2v) is 5.44. The van der Waals surface area contributed by atoms with Crippen LogP contribution in [0.15, 0.2) is 12.4 Å². The average Bonchev–Trinajstić information content (AvgIpc) is 2.40. The van der Waals surface area contributed by atoms with Crippen LogP contribution in [-0.2, 0) is 4.74 Å². The van der Waals surface area contributed by atoms with Crippen molar-refractivity contribution in [1.29, 1.82) is 0 Å². The van der Waals surface area contributed by atoms with E-state index < -0.39 is 0 Å². The Labute approximate surface area is 108 Å². The van der Waals surface area contributed by atoms with Gasteiger partial charge in [-0.3, -0.25) is 0 Å². The van der Waals surface area contributed by atoms with Gasteiger partial charge in [0, 0.05) is 37.7 Å². The van der Waals surface area contributed by atoms with Crippen molar-refractivity contribution >= 4 is 5.95 Å². The van der Waals surface area contributed by atoms with E-state index in [0.717, 1.165) is 26.1 Å². The van der Waals surface area contributed by atoms with Crippen LogP contribution in [0.2, 0.25) is 0 Å². The van der Waals surface area contributed by atoms with Crippen molar-refractivity contribution in [3.63, 3.8) is 0 Å². The van der Waals surface area contributed by atoms with E-state index in [2.05, 4.69) is 15.3 Å². The second-order valence-electron chi connectivity index (χ2n) is 5.44. The van der Waals surface area contributed by atoms with Gasteiger partial charge in [0.1, 0.15) is 0 Å². The number of ether oxygens (including phenoxy) is 1. The van der Waals surface area contributed by atoms with Crippen molar-refractivity contribution in [1.82, 2.24) is 9.97 Å². The molecule has 0 aromatic carbocycles. The highest BCUT2D eigenvalue weighted by Gasteiger charge is 2.18. The first-order chi connectivity index (χ1) is 8.61. The van der Waals surface area contributed by atoms with E-state index in [9.17, 15) is 0 Å². The summed E-state index contributed by atoms with van der Waals surface area (Å²) in [6.45, 7) is 6.28. The third-order valence-corrected chi connectivity index (χ3v) is 3.33. The summed E-state index contributed by atoms with van der Waals surface area (Å²) in [5.41, 5.74) is 6.69. The molecule has 0 unspecified atom stereocenters. The Bertz CT molecular complexity index is 371. The molecular weight excluding hydrogens is 228 g/mol. The number of rotatable bonds is 4. The lowest BCUT2D eigenvalue weighted by atomic mass is 9.94. The van der Waals surface area contributed by atoms with E-state index >= 15 is 0 Å². The van der Waals surface area contributed by atoms with Gasteiger partial charge in [0.25, 0.3) is 0 Å². The molecule has 1 aliphatic heterocycles. The minimum atomic E-state index is -0.180. The van der Waals surface area contributed by atoms with Gasteiger partial charge in [-0.15, -0.1) is 0 Å². The van der Waals surface area contributed by atoms with Crippen LogP contribution in [-0.4, -0.2) is 35.3 Å². The number of aromatic nitrogens is 2. The van der Waals surface area contributed by atoms with Crippen LogP contribution >= 0.6 is 0 Å². The Kier molecular flexibility index (Phi) is 4.14. The fraction of sp³-hybridized carbons (Fsp3) is 0.692. The van der Waals surface area contributed by atoms with Crippen molar-refractivity contribution in [2.75, 3.05) is 25.1 Å². The number of nitrogens with zero attached hydrogens (tertiary/aromatic N) is 2. The third-order valence-electron chi connectivity index (χ3n) is 3.33. The van der Waals surface area contributed by atoms with Gasteiger partial charge in [-0.1, -0.05) is 0 Å². The Morgan fingerprint density at radius 2 is 1.94 bits per heavy atom. The zero-order valence-corrected chi connectivity index (χ0v) is 11.1. The number of nitrogens with one attached hydrogen (secondary N) is 1. The number of nitrogens with two attached hydrogens (primary N) is 1. The lowest BCUT2D eigenvalue weighted by Gasteiger charge is -2.25. The molecule has 1 aliphatic rings. The fourth-order valence-electron chi connectivity index (χ4n) is 2.00. The van der Waals surface area contributed by atoms with E-state index in [-0.39, 0.29) is 5.54 Å². The summed E-state index contributed by atoms with van der Waals surface area (Å²) in [4.78, 5) is 8.74. The van der Waals surface area contributed by atoms with Gasteiger partial charge in [0.2, 0.25) is 5.95 Å². The van der Waals surface area contributed by atoms with Gasteiger partial charge in [0.15, 0.2) is 0 Å². The van der Waals surface area contributed by atoms with Gasteiger partial charge in [-0.25, -0.2) is 9.97 Å². The molecule has 0 spiro atoms. The van der Waals surface area contributed by atoms with E-state index in [0.29, 0.717) is 18.4 Å². The average molecular weight is 250 g/mol. The Morgan fingerprint density at radius 3 is 2.50 bits per heavy atom. The molecule has 2 rings (SSSR count). The monoisotopic (exact) mass is 250 g/mol. The number of hydrogen-bond acceptors (Lipinski definition) is 5. The molecule has 1 aromatic rings. The fourth-order valence-corrected chi connectivity index (χ4v) is 2.00. The third kappa shape index (κ3) is 3.40. The SMILES string of the molecule is CC(C)(CN)Nc1ncc(C2CCOCC2)cn1. The summed E-state index contributed by atoms with van der Waals surface area (Å²) < 4.78 is 5.36. The molecule has 0 amide bonds. The highest BCUT2D eigenvalue weighted by atomic mass is 16.5. The molecule has 1 aromatic heterocycles. The first-order valence-electron chi connectivity index (χ1n) is 6.49. The van der Waals surface area contributed by atoms with Crippen molar-refractivity contribution in [3.05, 3.63) is 18.0 Å². The minimum absolute atomic E-state index is 0.180. The van der Waals surface area contributed by atoms with E-state index in [1.54, 1.807) is 0 Å². The molecule has 0 bridgehead atoms. The van der Waals surface area contributed by atoms with Crippen molar-refractivity contribution in [2.45, 2.75) is 38.1 Å². The lowest BCUT2D eigenvalue weighted by Crippen LogP contribution is -2.39. The van der Waals surface area contributed by atoms with E-state index in [4.69, 9.17) is 10.5 Å². The first kappa shape index (κ1) is 13.2. The van der Waals surface area contributed by atoms with Gasteiger partial charge in [0.05, 0.1) is 0 Å². The molecule has 3 N–H and O–H groups in total. The maximum Gasteiger partial charge on any atom is 0.223 e. The molecule has 1 fully saturated rings. The molecule has 0 radical (unpaired) electrons. The van der Waals surface area contributed by atoms with Crippen LogP contribution in [0.5, 0.6) is 0 Å². The largest absolute Gasteiger partial charge is 0.381 e. The Hall–Kier alpha value is -1.20. The lowest BCUT2D eigenvalue weighted by molar-refractivity contribution is 0.0852. The van der Waals surface area contributed by atoms with Crippen LogP contribution in [0.25, 0.3) is 0 Å². The predicted octanol–water partition coefficient (Wildman–Crippen LogP) is 1.52. The van der Waals surface area contributed by atoms with Gasteiger partial charge in [-0.2, -0.15) is 0 Å². The standard InChI is InChI=1S/C13H22N4O/c1-13(2,9-14)17-12-15-7-11(8-16-12)10-3-5-18-6-4-10/h7-8,10H,3-6,9,14H2,1-2H3,(H,15,16,17). The molecular formula is C13H22N4O. The summed E-state index contributed by atoms with van der Waals surface area (Å²) >= 11 is 0. The summed E-state index contributed by atoms with van der Waals surface area (Å²) in [6.07, 6.45) is 5.95. The predicted molar refractivity (Wildman–Crippen MR) is 71.6 cm³/mol. The molecule has 1 saturated heterocycles. The molecule has 2 heterocycles. The van der Waals surface area contributed by atoms with Crippen molar-refractivity contribution in [3.8, 4) is 0 Å². The molecule has 5 nitrogen and oxygen atoms in total. The maximum atomic E-state index is 5.67. The highest BCUT2D eigenvalue weighted by Crippen LogP contribution is 2.26. The van der Waals surface area contributed by atoms with Crippen LogP contribution in [0, 0.1) is 0 Å². The van der Waals surface area contributed by atoms with Crippen LogP contribution < -0.4 is 11.1 Å². The van der Waals surface area contributed by atoms with E-state index in [1.165, 1.54) is 5.56 Å². The zero-order chi connectivity index (χ0) is 13.0. The topological polar surface area (TPSA) is 73.1 Å². The second kappa shape index (κ2) is 5.63. The summed E-state index contributed by atoms with van der Waals surface area (Å²) in [6, 6.07) is 0. The van der Waals surface area contributed by atoms with Crippen LogP contribution in [0.4, 0.5) is 5.95 Å². The summed E-state index contributed by atoms with van der Waals surface area (Å²) in [5, 5.41) is 3.23. The highest BCUT2D eigenvalue weighted by molar-refractivity contribution is 5.29. The molecule has 0 atom stereocenters. The molecule has 100 valence electrons. The molecule has 0 aliphatic carbocycles. The van der Waals surface area contributed by atoms with E-state index in [1.807, 2.05) is 26.2 Å². The number of hydrogen-bond donors (Lipinski definition) is 2. The Balaban J connectivity index is 2.00. The first-order valence-corrected chi connectivity index (χ1v) is 6.49. The van der Waals surface area contributed by atoms with Crippen molar-refractivity contribution in [2.24, 2.45) is 5.73 Å². The van der Waals surface area contributed by atoms with Crippen LogP contribution in [0.1, 0.15) is 38.2 Å². The zero-order valence-electron chi connectivity index (χ0n) is 11.1. The number of anilines is 1. The van der Waals surface area contributed by atoms with Gasteiger partial charge >= 0.3 is 0 Å². The van der Waals surface area contributed by atoms with Gasteiger partial charge in [-0.05, 0) is 38.2 Å². The molecule has 18 heavy (non-hydrogen) atoms. The quantitative estimate of drug-likeness (QED) is 0.847. The van der Waals surface area contributed by atoms with Gasteiger partial charge < -0.3 is 15.8 Å². The molecule has 5 heteroatoms. The minimum Gasteiger partial charge on any atom is -0.381 e. The van der Waals surface area contributed by atoms with Crippen LogP contribution in [0.3, 0.4) is 0 Å².